The molecule has 0 aliphatic rings. The van der Waals surface area contributed by atoms with Crippen LogP contribution in [0.1, 0.15) is 18.1 Å². The number of nitrogen functional groups attached to an aromatic ring is 1. The van der Waals surface area contributed by atoms with Crippen molar-refractivity contribution in [2.45, 2.75) is 6.92 Å². The van der Waals surface area contributed by atoms with Gasteiger partial charge in [-0.15, -0.1) is 6.42 Å². The van der Waals surface area contributed by atoms with Crippen LogP contribution in [0.25, 0.3) is 6.08 Å². The van der Waals surface area contributed by atoms with Crippen LogP contribution < -0.4 is 5.73 Å². The normalized spacial score (nSPS) is 8.00. The standard InChI is InChI=1S/C10H9N.C2H4O2/c1-3-8-6-5-7-10(11)9(8)4-2;1-2(3)4/h1,4-7H,2,11H2;1H3,(H,3,4). The molecule has 0 radical (unpaired) electrons. The van der Waals surface area contributed by atoms with Crippen molar-refractivity contribution in [3.8, 4) is 12.3 Å². The number of carboxylic acid groups (broad SMARTS) is 1. The number of carboxylic acids is 1. The Kier molecular flexibility index (Phi) is 5.35. The summed E-state index contributed by atoms with van der Waals surface area (Å²) >= 11 is 0. The van der Waals surface area contributed by atoms with Gasteiger partial charge in [-0.1, -0.05) is 24.6 Å². The maximum absolute atomic E-state index is 9.00. The molecule has 0 fully saturated rings. The number of benzene rings is 1. The second kappa shape index (κ2) is 6.28. The Hall–Kier alpha value is -2.21. The SMILES string of the molecule is C#Cc1cccc(N)c1C=C.CC(=O)O. The van der Waals surface area contributed by atoms with E-state index >= 15 is 0 Å². The van der Waals surface area contributed by atoms with Crippen LogP contribution >= 0.6 is 0 Å². The van der Waals surface area contributed by atoms with Crippen LogP contribution in [-0.4, -0.2) is 11.1 Å². The summed E-state index contributed by atoms with van der Waals surface area (Å²) in [5.41, 5.74) is 7.95. The molecule has 0 heterocycles. The van der Waals surface area contributed by atoms with Gasteiger partial charge in [0.2, 0.25) is 0 Å². The van der Waals surface area contributed by atoms with Gasteiger partial charge in [-0.3, -0.25) is 4.79 Å². The van der Waals surface area contributed by atoms with Gasteiger partial charge >= 0.3 is 0 Å². The van der Waals surface area contributed by atoms with Gasteiger partial charge in [-0.2, -0.15) is 0 Å². The maximum atomic E-state index is 9.00. The summed E-state index contributed by atoms with van der Waals surface area (Å²) < 4.78 is 0. The van der Waals surface area contributed by atoms with Crippen LogP contribution in [-0.2, 0) is 4.79 Å². The molecule has 78 valence electrons. The molecular formula is C12H13NO2. The van der Waals surface area contributed by atoms with E-state index in [2.05, 4.69) is 12.5 Å². The monoisotopic (exact) mass is 203 g/mol. The molecule has 3 N–H and O–H groups in total. The lowest BCUT2D eigenvalue weighted by atomic mass is 10.1. The van der Waals surface area contributed by atoms with E-state index in [0.717, 1.165) is 18.1 Å². The molecule has 0 amide bonds. The van der Waals surface area contributed by atoms with Crippen LogP contribution in [0.4, 0.5) is 5.69 Å². The van der Waals surface area contributed by atoms with Crippen LogP contribution in [0, 0.1) is 12.3 Å². The third-order valence-corrected chi connectivity index (χ3v) is 1.50. The number of nitrogens with two attached hydrogens (primary N) is 1. The van der Waals surface area contributed by atoms with E-state index in [-0.39, 0.29) is 0 Å². The number of hydrogen-bond acceptors (Lipinski definition) is 2. The van der Waals surface area contributed by atoms with Crippen molar-refractivity contribution in [1.29, 1.82) is 0 Å². The molecule has 3 nitrogen and oxygen atoms in total. The minimum Gasteiger partial charge on any atom is -0.481 e. The number of terminal acetylenes is 1. The Morgan fingerprint density at radius 1 is 1.67 bits per heavy atom. The average Bonchev–Trinajstić information content (AvgIpc) is 2.16. The zero-order chi connectivity index (χ0) is 11.8. The van der Waals surface area contributed by atoms with Gasteiger partial charge in [0.15, 0.2) is 0 Å². The minimum atomic E-state index is -0.833. The van der Waals surface area contributed by atoms with Crippen molar-refractivity contribution in [3.05, 3.63) is 35.9 Å². The van der Waals surface area contributed by atoms with Crippen molar-refractivity contribution < 1.29 is 9.90 Å². The topological polar surface area (TPSA) is 63.3 Å². The molecule has 0 aliphatic heterocycles. The summed E-state index contributed by atoms with van der Waals surface area (Å²) in [4.78, 5) is 9.00. The summed E-state index contributed by atoms with van der Waals surface area (Å²) in [6.07, 6.45) is 6.91. The summed E-state index contributed by atoms with van der Waals surface area (Å²) in [6.45, 7) is 4.71. The molecule has 15 heavy (non-hydrogen) atoms. The average molecular weight is 203 g/mol. The molecule has 0 spiro atoms. The predicted octanol–water partition coefficient (Wildman–Crippen LogP) is 1.98. The van der Waals surface area contributed by atoms with Gasteiger partial charge in [0.25, 0.3) is 5.97 Å². The first kappa shape index (κ1) is 12.8. The van der Waals surface area contributed by atoms with E-state index < -0.39 is 5.97 Å². The first-order valence-electron chi connectivity index (χ1n) is 4.20. The molecule has 1 aromatic carbocycles. The van der Waals surface area contributed by atoms with Crippen molar-refractivity contribution in [2.75, 3.05) is 5.73 Å². The Morgan fingerprint density at radius 2 is 2.20 bits per heavy atom. The zero-order valence-corrected chi connectivity index (χ0v) is 8.53. The van der Waals surface area contributed by atoms with Gasteiger partial charge < -0.3 is 10.8 Å². The second-order valence-corrected chi connectivity index (χ2v) is 2.68. The zero-order valence-electron chi connectivity index (χ0n) is 8.53. The largest absolute Gasteiger partial charge is 0.481 e. The molecule has 0 unspecified atom stereocenters. The number of carbonyl (C=O) groups is 1. The highest BCUT2D eigenvalue weighted by Crippen LogP contribution is 2.16. The van der Waals surface area contributed by atoms with Crippen molar-refractivity contribution >= 4 is 17.7 Å². The number of hydrogen-bond donors (Lipinski definition) is 2. The van der Waals surface area contributed by atoms with Gasteiger partial charge in [0, 0.05) is 23.7 Å². The Morgan fingerprint density at radius 3 is 2.53 bits per heavy atom. The van der Waals surface area contributed by atoms with Gasteiger partial charge in [-0.25, -0.2) is 0 Å². The van der Waals surface area contributed by atoms with Crippen LogP contribution in [0.5, 0.6) is 0 Å². The predicted molar refractivity (Wildman–Crippen MR) is 62.2 cm³/mol. The third kappa shape index (κ3) is 4.53. The van der Waals surface area contributed by atoms with Crippen molar-refractivity contribution in [1.82, 2.24) is 0 Å². The van der Waals surface area contributed by atoms with Gasteiger partial charge in [-0.05, 0) is 12.1 Å². The number of rotatable bonds is 1. The molecule has 1 rings (SSSR count). The quantitative estimate of drug-likeness (QED) is 0.542. The Labute approximate surface area is 89.2 Å². The highest BCUT2D eigenvalue weighted by Gasteiger charge is 1.97. The van der Waals surface area contributed by atoms with E-state index in [0.29, 0.717) is 5.69 Å². The smallest absolute Gasteiger partial charge is 0.300 e. The van der Waals surface area contributed by atoms with Crippen LogP contribution in [0.3, 0.4) is 0 Å². The lowest BCUT2D eigenvalue weighted by Crippen LogP contribution is -1.91. The van der Waals surface area contributed by atoms with Crippen LogP contribution in [0.15, 0.2) is 24.8 Å². The summed E-state index contributed by atoms with van der Waals surface area (Å²) in [6, 6.07) is 5.47. The molecule has 0 atom stereocenters. The van der Waals surface area contributed by atoms with Crippen LogP contribution in [0.2, 0.25) is 0 Å². The highest BCUT2D eigenvalue weighted by molar-refractivity contribution is 5.69. The molecule has 0 saturated heterocycles. The van der Waals surface area contributed by atoms with Gasteiger partial charge in [0.1, 0.15) is 0 Å². The Balaban J connectivity index is 0.000000423. The third-order valence-electron chi connectivity index (χ3n) is 1.50. The van der Waals surface area contributed by atoms with E-state index in [1.165, 1.54) is 0 Å². The Bertz CT molecular complexity index is 399. The first-order chi connectivity index (χ1) is 7.02. The maximum Gasteiger partial charge on any atom is 0.300 e. The summed E-state index contributed by atoms with van der Waals surface area (Å²) in [5, 5.41) is 7.42. The molecule has 0 bridgehead atoms. The lowest BCUT2D eigenvalue weighted by molar-refractivity contribution is -0.134. The second-order valence-electron chi connectivity index (χ2n) is 2.68. The van der Waals surface area contributed by atoms with E-state index in [9.17, 15) is 0 Å². The summed E-state index contributed by atoms with van der Waals surface area (Å²) in [7, 11) is 0. The number of aliphatic carboxylic acids is 1. The fraction of sp³-hybridized carbons (Fsp3) is 0.0833. The highest BCUT2D eigenvalue weighted by atomic mass is 16.4. The minimum absolute atomic E-state index is 0.676. The van der Waals surface area contributed by atoms with E-state index in [4.69, 9.17) is 22.1 Å². The molecule has 3 heteroatoms. The van der Waals surface area contributed by atoms with Crippen molar-refractivity contribution in [2.24, 2.45) is 0 Å². The van der Waals surface area contributed by atoms with E-state index in [1.807, 2.05) is 12.1 Å². The fourth-order valence-corrected chi connectivity index (χ4v) is 0.937. The fourth-order valence-electron chi connectivity index (χ4n) is 0.937. The molecule has 1 aromatic rings. The molecule has 0 saturated carbocycles. The molecule has 0 aromatic heterocycles. The lowest BCUT2D eigenvalue weighted by Gasteiger charge is -2.01. The van der Waals surface area contributed by atoms with Crippen molar-refractivity contribution in [3.63, 3.8) is 0 Å². The molecular weight excluding hydrogens is 190 g/mol. The van der Waals surface area contributed by atoms with E-state index in [1.54, 1.807) is 12.1 Å². The van der Waals surface area contributed by atoms with Gasteiger partial charge in [0.05, 0.1) is 0 Å². The molecule has 0 aliphatic carbocycles. The number of anilines is 1. The first-order valence-corrected chi connectivity index (χ1v) is 4.20. The summed E-state index contributed by atoms with van der Waals surface area (Å²) in [5.74, 6) is 1.70.